The van der Waals surface area contributed by atoms with Crippen LogP contribution in [0.5, 0.6) is 0 Å². The summed E-state index contributed by atoms with van der Waals surface area (Å²) < 4.78 is 3.89. The molecule has 1 N–H and O–H groups in total. The predicted octanol–water partition coefficient (Wildman–Crippen LogP) is 6.82. The first-order valence-electron chi connectivity index (χ1n) is 8.64. The molecule has 0 aliphatic rings. The fourth-order valence-electron chi connectivity index (χ4n) is 3.01. The number of nitrogens with one attached hydrogen (secondary N) is 1. The number of nitriles is 1. The van der Waals surface area contributed by atoms with Gasteiger partial charge in [0.2, 0.25) is 0 Å². The Kier molecular flexibility index (Phi) is 6.63. The van der Waals surface area contributed by atoms with Crippen molar-refractivity contribution in [3.8, 4) is 11.8 Å². The first-order chi connectivity index (χ1) is 13.8. The number of carbonyl (C=O) groups excluding carboxylic acids is 1. The number of anilines is 1. The van der Waals surface area contributed by atoms with Gasteiger partial charge in [0, 0.05) is 31.6 Å². The quantitative estimate of drug-likeness (QED) is 0.296. The number of hydrogen-bond acceptors (Lipinski definition) is 2. The molecule has 0 atom stereocenters. The molecule has 1 aromatic heterocycles. The first kappa shape index (κ1) is 21.4. The topological polar surface area (TPSA) is 57.8 Å². The zero-order valence-electron chi connectivity index (χ0n) is 15.6. The molecule has 0 fully saturated rings. The lowest BCUT2D eigenvalue weighted by molar-refractivity contribution is -0.112. The smallest absolute Gasteiger partial charge is 0.266 e. The lowest BCUT2D eigenvalue weighted by atomic mass is 10.1. The summed E-state index contributed by atoms with van der Waals surface area (Å²) in [5.41, 5.74) is 4.09. The van der Waals surface area contributed by atoms with Crippen molar-refractivity contribution >= 4 is 61.1 Å². The van der Waals surface area contributed by atoms with Gasteiger partial charge in [0.05, 0.1) is 10.7 Å². The third kappa shape index (κ3) is 4.48. The van der Waals surface area contributed by atoms with Crippen molar-refractivity contribution in [2.24, 2.45) is 0 Å². The number of hydrogen-bond donors (Lipinski definition) is 1. The van der Waals surface area contributed by atoms with Gasteiger partial charge >= 0.3 is 0 Å². The predicted molar refractivity (Wildman–Crippen MR) is 124 cm³/mol. The molecule has 1 amide bonds. The van der Waals surface area contributed by atoms with Crippen LogP contribution in [0.2, 0.25) is 5.02 Å². The molecule has 0 saturated carbocycles. The largest absolute Gasteiger partial charge is 0.320 e. The Labute approximate surface area is 191 Å². The van der Waals surface area contributed by atoms with Gasteiger partial charge in [-0.15, -0.1) is 0 Å². The minimum atomic E-state index is -0.513. The zero-order chi connectivity index (χ0) is 21.1. The van der Waals surface area contributed by atoms with E-state index in [0.29, 0.717) is 10.7 Å². The zero-order valence-corrected chi connectivity index (χ0v) is 19.6. The Morgan fingerprint density at radius 1 is 1.10 bits per heavy atom. The van der Waals surface area contributed by atoms with Crippen LogP contribution in [-0.2, 0) is 4.79 Å². The van der Waals surface area contributed by atoms with Crippen molar-refractivity contribution in [2.75, 3.05) is 5.32 Å². The number of carbonyl (C=O) groups is 1. The second kappa shape index (κ2) is 9.00. The van der Waals surface area contributed by atoms with Gasteiger partial charge in [0.15, 0.2) is 0 Å². The van der Waals surface area contributed by atoms with Crippen molar-refractivity contribution in [1.82, 2.24) is 4.57 Å². The van der Waals surface area contributed by atoms with Crippen LogP contribution >= 0.6 is 43.5 Å². The van der Waals surface area contributed by atoms with Crippen LogP contribution in [0, 0.1) is 25.2 Å². The molecule has 29 heavy (non-hydrogen) atoms. The van der Waals surface area contributed by atoms with Crippen LogP contribution in [0.1, 0.15) is 17.0 Å². The average molecular weight is 534 g/mol. The molecule has 0 aliphatic carbocycles. The molecule has 0 bridgehead atoms. The number of aromatic nitrogens is 1. The molecule has 0 unspecified atom stereocenters. The third-order valence-corrected chi connectivity index (χ3v) is 6.33. The highest BCUT2D eigenvalue weighted by Crippen LogP contribution is 2.33. The van der Waals surface area contributed by atoms with E-state index in [1.165, 1.54) is 0 Å². The summed E-state index contributed by atoms with van der Waals surface area (Å²) in [5.74, 6) is -0.513. The van der Waals surface area contributed by atoms with Gasteiger partial charge < -0.3 is 9.88 Å². The molecule has 0 radical (unpaired) electrons. The van der Waals surface area contributed by atoms with E-state index in [9.17, 15) is 10.1 Å². The molecule has 7 heteroatoms. The second-order valence-electron chi connectivity index (χ2n) is 6.31. The fourth-order valence-corrected chi connectivity index (χ4v) is 4.04. The van der Waals surface area contributed by atoms with E-state index in [2.05, 4.69) is 41.7 Å². The van der Waals surface area contributed by atoms with Crippen LogP contribution in [0.3, 0.4) is 0 Å². The van der Waals surface area contributed by atoms with Crippen molar-refractivity contribution in [3.63, 3.8) is 0 Å². The monoisotopic (exact) mass is 531 g/mol. The molecule has 1 heterocycles. The van der Waals surface area contributed by atoms with Gasteiger partial charge in [-0.2, -0.15) is 5.26 Å². The molecular weight excluding hydrogens is 518 g/mol. The number of nitrogens with zero attached hydrogens (tertiary/aromatic N) is 2. The molecule has 4 nitrogen and oxygen atoms in total. The Bertz CT molecular complexity index is 1160. The van der Waals surface area contributed by atoms with E-state index >= 15 is 0 Å². The van der Waals surface area contributed by atoms with E-state index in [4.69, 9.17) is 11.6 Å². The lowest BCUT2D eigenvalue weighted by Crippen LogP contribution is -2.13. The average Bonchev–Trinajstić information content (AvgIpc) is 2.91. The van der Waals surface area contributed by atoms with Crippen LogP contribution in [-0.4, -0.2) is 10.5 Å². The van der Waals surface area contributed by atoms with Gasteiger partial charge in [-0.1, -0.05) is 39.7 Å². The molecule has 0 spiro atoms. The molecule has 3 rings (SSSR count). The standard InChI is InChI=1S/C22H16Br2ClN3O/c1-13-18(21(24)14(2)28(13)17-9-7-16(23)8-10-17)11-15(12-26)22(29)27-20-6-4-3-5-19(20)25/h3-11H,1-2H3,(H,27,29)/b15-11-. The van der Waals surface area contributed by atoms with Gasteiger partial charge in [-0.05, 0) is 72.3 Å². The van der Waals surface area contributed by atoms with E-state index < -0.39 is 5.91 Å². The summed E-state index contributed by atoms with van der Waals surface area (Å²) in [6.07, 6.45) is 1.59. The fraction of sp³-hybridized carbons (Fsp3) is 0.0909. The van der Waals surface area contributed by atoms with Crippen molar-refractivity contribution < 1.29 is 4.79 Å². The van der Waals surface area contributed by atoms with E-state index in [-0.39, 0.29) is 5.57 Å². The summed E-state index contributed by atoms with van der Waals surface area (Å²) in [7, 11) is 0. The maximum atomic E-state index is 12.6. The number of halogens is 3. The summed E-state index contributed by atoms with van der Waals surface area (Å²) >= 11 is 13.2. The molecule has 146 valence electrons. The minimum absolute atomic E-state index is 0.0123. The van der Waals surface area contributed by atoms with E-state index in [1.807, 2.05) is 44.2 Å². The van der Waals surface area contributed by atoms with Gasteiger partial charge in [-0.25, -0.2) is 0 Å². The summed E-state index contributed by atoms with van der Waals surface area (Å²) in [6.45, 7) is 3.93. The number of amides is 1. The SMILES string of the molecule is Cc1c(Br)c(/C=C(/C#N)C(=O)Nc2ccccc2Cl)c(C)n1-c1ccc(Br)cc1. The number of para-hydroxylation sites is 1. The summed E-state index contributed by atoms with van der Waals surface area (Å²) in [6, 6.07) is 16.8. The summed E-state index contributed by atoms with van der Waals surface area (Å²) in [4.78, 5) is 12.6. The Morgan fingerprint density at radius 2 is 1.76 bits per heavy atom. The van der Waals surface area contributed by atoms with Gasteiger partial charge in [-0.3, -0.25) is 4.79 Å². The van der Waals surface area contributed by atoms with Crippen molar-refractivity contribution in [3.05, 3.63) is 85.0 Å². The highest BCUT2D eigenvalue weighted by molar-refractivity contribution is 9.10. The summed E-state index contributed by atoms with van der Waals surface area (Å²) in [5, 5.41) is 12.7. The maximum Gasteiger partial charge on any atom is 0.266 e. The lowest BCUT2D eigenvalue weighted by Gasteiger charge is -2.09. The van der Waals surface area contributed by atoms with Crippen LogP contribution < -0.4 is 5.32 Å². The molecule has 3 aromatic rings. The maximum absolute atomic E-state index is 12.6. The highest BCUT2D eigenvalue weighted by atomic mass is 79.9. The minimum Gasteiger partial charge on any atom is -0.320 e. The molecule has 0 saturated heterocycles. The van der Waals surface area contributed by atoms with Crippen LogP contribution in [0.25, 0.3) is 11.8 Å². The van der Waals surface area contributed by atoms with Crippen molar-refractivity contribution in [2.45, 2.75) is 13.8 Å². The number of rotatable bonds is 4. The Morgan fingerprint density at radius 3 is 2.38 bits per heavy atom. The third-order valence-electron chi connectivity index (χ3n) is 4.48. The highest BCUT2D eigenvalue weighted by Gasteiger charge is 2.18. The van der Waals surface area contributed by atoms with Crippen LogP contribution in [0.15, 0.2) is 63.0 Å². The Balaban J connectivity index is 2.01. The van der Waals surface area contributed by atoms with Crippen molar-refractivity contribution in [1.29, 1.82) is 5.26 Å². The first-order valence-corrected chi connectivity index (χ1v) is 10.6. The van der Waals surface area contributed by atoms with E-state index in [0.717, 1.165) is 31.6 Å². The second-order valence-corrected chi connectivity index (χ2v) is 8.43. The van der Waals surface area contributed by atoms with E-state index in [1.54, 1.807) is 30.3 Å². The normalized spacial score (nSPS) is 11.2. The molecule has 2 aromatic carbocycles. The van der Waals surface area contributed by atoms with Crippen LogP contribution in [0.4, 0.5) is 5.69 Å². The Hall–Kier alpha value is -2.33. The number of benzene rings is 2. The molecular formula is C22H16Br2ClN3O. The van der Waals surface area contributed by atoms with Gasteiger partial charge in [0.1, 0.15) is 11.6 Å². The van der Waals surface area contributed by atoms with Gasteiger partial charge in [0.25, 0.3) is 5.91 Å². The molecule has 0 aliphatic heterocycles.